The Morgan fingerprint density at radius 3 is 3.00 bits per heavy atom. The van der Waals surface area contributed by atoms with Gasteiger partial charge in [0.1, 0.15) is 6.23 Å². The predicted molar refractivity (Wildman–Crippen MR) is 42.3 cm³/mol. The second-order valence-electron chi connectivity index (χ2n) is 3.01. The van der Waals surface area contributed by atoms with Crippen LogP contribution in [0.4, 0.5) is 0 Å². The van der Waals surface area contributed by atoms with Gasteiger partial charge in [0.2, 0.25) is 5.91 Å². The van der Waals surface area contributed by atoms with Gasteiger partial charge >= 0.3 is 0 Å². The molecular weight excluding hydrogens is 160 g/mol. The Morgan fingerprint density at radius 2 is 2.50 bits per heavy atom. The molecule has 5 heteroatoms. The zero-order valence-corrected chi connectivity index (χ0v) is 7.03. The summed E-state index contributed by atoms with van der Waals surface area (Å²) in [5.41, 5.74) is 0. The minimum absolute atomic E-state index is 0.0883. The largest absolute Gasteiger partial charge is 0.394 e. The van der Waals surface area contributed by atoms with Crippen LogP contribution in [0.3, 0.4) is 0 Å². The highest BCUT2D eigenvalue weighted by Gasteiger charge is 2.25. The molecule has 12 heavy (non-hydrogen) atoms. The van der Waals surface area contributed by atoms with Crippen LogP contribution in [0.5, 0.6) is 0 Å². The van der Waals surface area contributed by atoms with Crippen LogP contribution in [0, 0.1) is 0 Å². The molecule has 1 fully saturated rings. The minimum atomic E-state index is -0.634. The molecule has 0 aromatic rings. The van der Waals surface area contributed by atoms with Gasteiger partial charge in [0.25, 0.3) is 0 Å². The van der Waals surface area contributed by atoms with Crippen molar-refractivity contribution in [3.05, 3.63) is 0 Å². The number of nitrogens with one attached hydrogen (secondary N) is 1. The van der Waals surface area contributed by atoms with E-state index in [1.165, 1.54) is 0 Å². The maximum absolute atomic E-state index is 11.0. The van der Waals surface area contributed by atoms with E-state index in [0.29, 0.717) is 6.54 Å². The molecule has 0 spiro atoms. The first-order valence-electron chi connectivity index (χ1n) is 3.96. The van der Waals surface area contributed by atoms with E-state index < -0.39 is 6.23 Å². The van der Waals surface area contributed by atoms with Gasteiger partial charge in [-0.25, -0.2) is 0 Å². The molecule has 2 unspecified atom stereocenters. The molecule has 1 rings (SSSR count). The molecule has 0 saturated carbocycles. The average molecular weight is 174 g/mol. The van der Waals surface area contributed by atoms with Gasteiger partial charge in [-0.15, -0.1) is 0 Å². The monoisotopic (exact) mass is 174 g/mol. The molecule has 70 valence electrons. The Labute approximate surface area is 71.0 Å². The van der Waals surface area contributed by atoms with E-state index in [0.717, 1.165) is 0 Å². The molecule has 2 atom stereocenters. The van der Waals surface area contributed by atoms with Crippen LogP contribution in [0.25, 0.3) is 0 Å². The summed E-state index contributed by atoms with van der Waals surface area (Å²) in [6, 6.07) is -0.249. The van der Waals surface area contributed by atoms with Crippen LogP contribution in [0.15, 0.2) is 0 Å². The fourth-order valence-corrected chi connectivity index (χ4v) is 1.24. The Morgan fingerprint density at radius 1 is 1.83 bits per heavy atom. The Kier molecular flexibility index (Phi) is 3.02. The fraction of sp³-hybridized carbons (Fsp3) is 0.857. The number of carbonyl (C=O) groups is 1. The van der Waals surface area contributed by atoms with Gasteiger partial charge in [-0.3, -0.25) is 9.69 Å². The molecule has 1 heterocycles. The van der Waals surface area contributed by atoms with Crippen molar-refractivity contribution >= 4 is 5.91 Å². The third-order valence-electron chi connectivity index (χ3n) is 1.92. The maximum atomic E-state index is 11.0. The van der Waals surface area contributed by atoms with Crippen molar-refractivity contribution in [1.82, 2.24) is 10.2 Å². The summed E-state index contributed by atoms with van der Waals surface area (Å²) in [7, 11) is 0. The Balaban J connectivity index is 2.51. The topological polar surface area (TPSA) is 72.8 Å². The zero-order valence-electron chi connectivity index (χ0n) is 7.03. The highest BCUT2D eigenvalue weighted by Crippen LogP contribution is 2.02. The quantitative estimate of drug-likeness (QED) is 0.458. The minimum Gasteiger partial charge on any atom is -0.394 e. The number of carbonyl (C=O) groups excluding carboxylic acids is 1. The number of piperazine rings is 1. The number of aliphatic hydroxyl groups excluding tert-OH is 2. The third kappa shape index (κ3) is 2.17. The molecule has 5 nitrogen and oxygen atoms in total. The first kappa shape index (κ1) is 9.44. The lowest BCUT2D eigenvalue weighted by Gasteiger charge is -2.33. The standard InChI is InChI=1S/C7H14N2O3/c1-5(11)9-2-6(4-10)8-7(12)3-9/h5-6,10-11H,2-4H2,1H3,(H,8,12). The van der Waals surface area contributed by atoms with E-state index >= 15 is 0 Å². The van der Waals surface area contributed by atoms with Gasteiger partial charge < -0.3 is 15.5 Å². The predicted octanol–water partition coefficient (Wildman–Crippen LogP) is -1.88. The molecule has 3 N–H and O–H groups in total. The van der Waals surface area contributed by atoms with Gasteiger partial charge in [-0.2, -0.15) is 0 Å². The van der Waals surface area contributed by atoms with E-state index in [1.54, 1.807) is 11.8 Å². The Bertz CT molecular complexity index is 172. The number of hydrogen-bond donors (Lipinski definition) is 3. The summed E-state index contributed by atoms with van der Waals surface area (Å²) >= 11 is 0. The molecule has 0 aromatic heterocycles. The molecule has 1 aliphatic heterocycles. The maximum Gasteiger partial charge on any atom is 0.234 e. The van der Waals surface area contributed by atoms with Crippen LogP contribution in [-0.4, -0.2) is 53.0 Å². The zero-order chi connectivity index (χ0) is 9.14. The van der Waals surface area contributed by atoms with Gasteiger partial charge in [-0.1, -0.05) is 0 Å². The Hall–Kier alpha value is -0.650. The second kappa shape index (κ2) is 3.84. The van der Waals surface area contributed by atoms with Gasteiger partial charge in [0, 0.05) is 6.54 Å². The first-order chi connectivity index (χ1) is 5.63. The van der Waals surface area contributed by atoms with Gasteiger partial charge in [0.15, 0.2) is 0 Å². The third-order valence-corrected chi connectivity index (χ3v) is 1.92. The van der Waals surface area contributed by atoms with E-state index in [1.807, 2.05) is 0 Å². The van der Waals surface area contributed by atoms with Crippen molar-refractivity contribution in [2.45, 2.75) is 19.2 Å². The number of amides is 1. The molecule has 0 bridgehead atoms. The summed E-state index contributed by atoms with van der Waals surface area (Å²) < 4.78 is 0. The molecule has 0 aromatic carbocycles. The van der Waals surface area contributed by atoms with Crippen LogP contribution >= 0.6 is 0 Å². The molecule has 1 aliphatic rings. The van der Waals surface area contributed by atoms with Crippen molar-refractivity contribution in [3.8, 4) is 0 Å². The summed E-state index contributed by atoms with van der Waals surface area (Å²) in [4.78, 5) is 12.6. The smallest absolute Gasteiger partial charge is 0.234 e. The summed E-state index contributed by atoms with van der Waals surface area (Å²) in [6.07, 6.45) is -0.634. The molecule has 0 radical (unpaired) electrons. The van der Waals surface area contributed by atoms with E-state index in [9.17, 15) is 9.90 Å². The van der Waals surface area contributed by atoms with E-state index in [4.69, 9.17) is 5.11 Å². The number of aliphatic hydroxyl groups is 2. The number of hydrogen-bond acceptors (Lipinski definition) is 4. The molecule has 0 aliphatic carbocycles. The lowest BCUT2D eigenvalue weighted by Crippen LogP contribution is -2.57. The van der Waals surface area contributed by atoms with Crippen molar-refractivity contribution in [1.29, 1.82) is 0 Å². The summed E-state index contributed by atoms with van der Waals surface area (Å²) in [5, 5.41) is 20.6. The SMILES string of the molecule is CC(O)N1CC(=O)NC(CO)C1. The average Bonchev–Trinajstić information content (AvgIpc) is 2.03. The fourth-order valence-electron chi connectivity index (χ4n) is 1.24. The number of rotatable bonds is 2. The highest BCUT2D eigenvalue weighted by molar-refractivity contribution is 5.79. The van der Waals surface area contributed by atoms with Crippen molar-refractivity contribution < 1.29 is 15.0 Å². The van der Waals surface area contributed by atoms with Crippen molar-refractivity contribution in [3.63, 3.8) is 0 Å². The normalized spacial score (nSPS) is 28.2. The van der Waals surface area contributed by atoms with Crippen molar-refractivity contribution in [2.75, 3.05) is 19.7 Å². The molecular formula is C7H14N2O3. The highest BCUT2D eigenvalue weighted by atomic mass is 16.3. The van der Waals surface area contributed by atoms with Crippen LogP contribution in [0.2, 0.25) is 0 Å². The first-order valence-corrected chi connectivity index (χ1v) is 3.96. The van der Waals surface area contributed by atoms with E-state index in [2.05, 4.69) is 5.32 Å². The van der Waals surface area contributed by atoms with Crippen LogP contribution in [0.1, 0.15) is 6.92 Å². The lowest BCUT2D eigenvalue weighted by atomic mass is 10.2. The second-order valence-corrected chi connectivity index (χ2v) is 3.01. The lowest BCUT2D eigenvalue weighted by molar-refractivity contribution is -0.130. The van der Waals surface area contributed by atoms with Crippen LogP contribution < -0.4 is 5.32 Å². The molecule has 1 amide bonds. The van der Waals surface area contributed by atoms with Gasteiger partial charge in [0.05, 0.1) is 19.2 Å². The summed E-state index contributed by atoms with van der Waals surface area (Å²) in [6.45, 7) is 2.22. The summed E-state index contributed by atoms with van der Waals surface area (Å²) in [5.74, 6) is -0.152. The number of nitrogens with zero attached hydrogens (tertiary/aromatic N) is 1. The molecule has 1 saturated heterocycles. The van der Waals surface area contributed by atoms with Crippen molar-refractivity contribution in [2.24, 2.45) is 0 Å². The van der Waals surface area contributed by atoms with E-state index in [-0.39, 0.29) is 25.1 Å². The van der Waals surface area contributed by atoms with Crippen LogP contribution in [-0.2, 0) is 4.79 Å². The van der Waals surface area contributed by atoms with Gasteiger partial charge in [-0.05, 0) is 6.92 Å².